The summed E-state index contributed by atoms with van der Waals surface area (Å²) in [6.07, 6.45) is 0.0597. The second-order valence-corrected chi connectivity index (χ2v) is 7.69. The van der Waals surface area contributed by atoms with Gasteiger partial charge in [-0.05, 0) is 56.5 Å². The summed E-state index contributed by atoms with van der Waals surface area (Å²) >= 11 is 1.53. The lowest BCUT2D eigenvalue weighted by Crippen LogP contribution is -2.26. The van der Waals surface area contributed by atoms with Crippen LogP contribution in [0.25, 0.3) is 0 Å². The molecule has 1 aromatic carbocycles. The van der Waals surface area contributed by atoms with Crippen LogP contribution in [0.5, 0.6) is 5.75 Å². The molecule has 1 aromatic heterocycles. The highest BCUT2D eigenvalue weighted by atomic mass is 32.2. The van der Waals surface area contributed by atoms with Gasteiger partial charge in [0.25, 0.3) is 0 Å². The fourth-order valence-corrected chi connectivity index (χ4v) is 3.90. The first-order valence-electron chi connectivity index (χ1n) is 6.71. The minimum Gasteiger partial charge on any atom is -0.491 e. The first-order valence-corrected chi connectivity index (χ1v) is 9.07. The van der Waals surface area contributed by atoms with Gasteiger partial charge in [0.1, 0.15) is 5.75 Å². The first kappa shape index (κ1) is 16.0. The molecule has 2 rings (SSSR count). The van der Waals surface area contributed by atoms with Gasteiger partial charge >= 0.3 is 0 Å². The highest BCUT2D eigenvalue weighted by Crippen LogP contribution is 2.22. The van der Waals surface area contributed by atoms with E-state index in [-0.39, 0.29) is 17.0 Å². The van der Waals surface area contributed by atoms with E-state index < -0.39 is 10.0 Å². The van der Waals surface area contributed by atoms with E-state index in [1.807, 2.05) is 38.3 Å². The largest absolute Gasteiger partial charge is 0.491 e. The fourth-order valence-electron chi connectivity index (χ4n) is 1.87. The summed E-state index contributed by atoms with van der Waals surface area (Å²) in [5, 5.41) is 1.93. The van der Waals surface area contributed by atoms with Gasteiger partial charge in [0, 0.05) is 4.88 Å². The quantitative estimate of drug-likeness (QED) is 0.883. The molecule has 0 bridgehead atoms. The molecule has 0 fully saturated rings. The number of benzene rings is 1. The van der Waals surface area contributed by atoms with Crippen molar-refractivity contribution in [2.75, 3.05) is 0 Å². The lowest BCUT2D eigenvalue weighted by Gasteiger charge is -2.14. The summed E-state index contributed by atoms with van der Waals surface area (Å²) in [5.74, 6) is 0.662. The van der Waals surface area contributed by atoms with Crippen LogP contribution in [0.4, 0.5) is 0 Å². The molecule has 6 heteroatoms. The van der Waals surface area contributed by atoms with Gasteiger partial charge in [-0.25, -0.2) is 13.1 Å². The predicted molar refractivity (Wildman–Crippen MR) is 85.3 cm³/mol. The Bertz CT molecular complexity index is 661. The molecule has 0 aliphatic heterocycles. The number of sulfonamides is 1. The SMILES string of the molecule is CC(C)Oc1ccc(S(=O)(=O)NC(C)c2cccs2)cc1. The third-order valence-electron chi connectivity index (χ3n) is 2.81. The maximum atomic E-state index is 12.3. The lowest BCUT2D eigenvalue weighted by atomic mass is 10.3. The zero-order chi connectivity index (χ0) is 15.5. The van der Waals surface area contributed by atoms with E-state index in [4.69, 9.17) is 4.74 Å². The maximum Gasteiger partial charge on any atom is 0.241 e. The van der Waals surface area contributed by atoms with Crippen molar-refractivity contribution in [3.05, 3.63) is 46.7 Å². The van der Waals surface area contributed by atoms with E-state index in [0.717, 1.165) is 4.88 Å². The van der Waals surface area contributed by atoms with Crippen molar-refractivity contribution >= 4 is 21.4 Å². The van der Waals surface area contributed by atoms with Crippen LogP contribution >= 0.6 is 11.3 Å². The van der Waals surface area contributed by atoms with E-state index in [0.29, 0.717) is 5.75 Å². The average molecular weight is 325 g/mol. The van der Waals surface area contributed by atoms with Gasteiger partial charge in [-0.2, -0.15) is 0 Å². The van der Waals surface area contributed by atoms with Crippen LogP contribution in [0.3, 0.4) is 0 Å². The van der Waals surface area contributed by atoms with Crippen molar-refractivity contribution in [1.82, 2.24) is 4.72 Å². The maximum absolute atomic E-state index is 12.3. The molecular formula is C15H19NO3S2. The van der Waals surface area contributed by atoms with Crippen LogP contribution in [0.2, 0.25) is 0 Å². The van der Waals surface area contributed by atoms with Crippen LogP contribution in [-0.4, -0.2) is 14.5 Å². The number of hydrogen-bond donors (Lipinski definition) is 1. The molecule has 1 unspecified atom stereocenters. The van der Waals surface area contributed by atoms with Crippen LogP contribution in [0.15, 0.2) is 46.7 Å². The van der Waals surface area contributed by atoms with E-state index in [9.17, 15) is 8.42 Å². The predicted octanol–water partition coefficient (Wildman–Crippen LogP) is 3.57. The minimum atomic E-state index is -3.53. The molecule has 2 aromatic rings. The molecule has 1 N–H and O–H groups in total. The summed E-state index contributed by atoms with van der Waals surface area (Å²) in [5.41, 5.74) is 0. The molecule has 1 atom stereocenters. The molecule has 0 radical (unpaired) electrons. The van der Waals surface area contributed by atoms with Crippen molar-refractivity contribution < 1.29 is 13.2 Å². The summed E-state index contributed by atoms with van der Waals surface area (Å²) < 4.78 is 32.8. The Morgan fingerprint density at radius 1 is 1.10 bits per heavy atom. The number of thiophene rings is 1. The summed E-state index contributed by atoms with van der Waals surface area (Å²) in [7, 11) is -3.53. The van der Waals surface area contributed by atoms with Gasteiger partial charge in [-0.1, -0.05) is 6.07 Å². The van der Waals surface area contributed by atoms with E-state index in [2.05, 4.69) is 4.72 Å². The Morgan fingerprint density at radius 2 is 1.76 bits per heavy atom. The number of ether oxygens (including phenoxy) is 1. The topological polar surface area (TPSA) is 55.4 Å². The van der Waals surface area contributed by atoms with E-state index in [1.165, 1.54) is 11.3 Å². The average Bonchev–Trinajstić information content (AvgIpc) is 2.92. The van der Waals surface area contributed by atoms with Crippen LogP contribution in [-0.2, 0) is 10.0 Å². The molecule has 0 saturated heterocycles. The number of rotatable bonds is 6. The Balaban J connectivity index is 2.12. The lowest BCUT2D eigenvalue weighted by molar-refractivity contribution is 0.242. The zero-order valence-electron chi connectivity index (χ0n) is 12.2. The molecule has 0 aliphatic carbocycles. The number of nitrogens with one attached hydrogen (secondary N) is 1. The van der Waals surface area contributed by atoms with Gasteiger partial charge in [-0.15, -0.1) is 11.3 Å². The molecular weight excluding hydrogens is 306 g/mol. The van der Waals surface area contributed by atoms with E-state index in [1.54, 1.807) is 24.3 Å². The molecule has 1 heterocycles. The van der Waals surface area contributed by atoms with Gasteiger partial charge in [0.15, 0.2) is 0 Å². The molecule has 21 heavy (non-hydrogen) atoms. The monoisotopic (exact) mass is 325 g/mol. The van der Waals surface area contributed by atoms with Crippen molar-refractivity contribution in [2.24, 2.45) is 0 Å². The van der Waals surface area contributed by atoms with Crippen LogP contribution in [0.1, 0.15) is 31.7 Å². The number of hydrogen-bond acceptors (Lipinski definition) is 4. The third kappa shape index (κ3) is 4.30. The molecule has 0 amide bonds. The molecule has 0 saturated carbocycles. The van der Waals surface area contributed by atoms with Crippen molar-refractivity contribution in [3.63, 3.8) is 0 Å². The fraction of sp³-hybridized carbons (Fsp3) is 0.333. The van der Waals surface area contributed by atoms with Gasteiger partial charge in [0.05, 0.1) is 17.0 Å². The Labute approximate surface area is 129 Å². The summed E-state index contributed by atoms with van der Waals surface area (Å²) in [6.45, 7) is 5.68. The smallest absolute Gasteiger partial charge is 0.241 e. The molecule has 0 spiro atoms. The Kier molecular flexibility index (Phi) is 5.03. The zero-order valence-corrected chi connectivity index (χ0v) is 13.9. The highest BCUT2D eigenvalue weighted by Gasteiger charge is 2.18. The third-order valence-corrected chi connectivity index (χ3v) is 5.42. The second kappa shape index (κ2) is 6.60. The van der Waals surface area contributed by atoms with Crippen molar-refractivity contribution in [2.45, 2.75) is 37.8 Å². The van der Waals surface area contributed by atoms with Crippen molar-refractivity contribution in [1.29, 1.82) is 0 Å². The van der Waals surface area contributed by atoms with E-state index >= 15 is 0 Å². The Morgan fingerprint density at radius 3 is 2.29 bits per heavy atom. The molecule has 114 valence electrons. The van der Waals surface area contributed by atoms with Crippen molar-refractivity contribution in [3.8, 4) is 5.75 Å². The first-order chi connectivity index (χ1) is 9.88. The normalized spacial score (nSPS) is 13.3. The highest BCUT2D eigenvalue weighted by molar-refractivity contribution is 7.89. The van der Waals surface area contributed by atoms with Crippen LogP contribution in [0, 0.1) is 0 Å². The van der Waals surface area contributed by atoms with Gasteiger partial charge in [-0.3, -0.25) is 0 Å². The standard InChI is InChI=1S/C15H19NO3S2/c1-11(2)19-13-6-8-14(9-7-13)21(17,18)16-12(3)15-5-4-10-20-15/h4-12,16H,1-3H3. The summed E-state index contributed by atoms with van der Waals surface area (Å²) in [6, 6.07) is 10.0. The molecule has 0 aliphatic rings. The van der Waals surface area contributed by atoms with Crippen LogP contribution < -0.4 is 9.46 Å². The van der Waals surface area contributed by atoms with Gasteiger partial charge in [0.2, 0.25) is 10.0 Å². The summed E-state index contributed by atoms with van der Waals surface area (Å²) in [4.78, 5) is 1.22. The second-order valence-electron chi connectivity index (χ2n) is 5.00. The van der Waals surface area contributed by atoms with Gasteiger partial charge < -0.3 is 4.74 Å². The Hall–Kier alpha value is -1.37. The minimum absolute atomic E-state index is 0.0597. The molecule has 4 nitrogen and oxygen atoms in total.